The molecule has 0 bridgehead atoms. The molecule has 0 fully saturated rings. The summed E-state index contributed by atoms with van der Waals surface area (Å²) in [7, 11) is 1.52. The van der Waals surface area contributed by atoms with Crippen LogP contribution in [0.2, 0.25) is 0 Å². The molecule has 0 saturated carbocycles. The molecule has 4 nitrogen and oxygen atoms in total. The molecule has 5 heteroatoms. The second-order valence-electron chi connectivity index (χ2n) is 5.15. The number of nitrogens with one attached hydrogen (secondary N) is 1. The fourth-order valence-corrected chi connectivity index (χ4v) is 2.34. The van der Waals surface area contributed by atoms with Crippen molar-refractivity contribution < 1.29 is 13.9 Å². The van der Waals surface area contributed by atoms with Gasteiger partial charge >= 0.3 is 0 Å². The third-order valence-electron chi connectivity index (χ3n) is 3.56. The second kappa shape index (κ2) is 6.91. The molecule has 3 aromatic rings. The van der Waals surface area contributed by atoms with Crippen LogP contribution in [-0.2, 0) is 0 Å². The van der Waals surface area contributed by atoms with Gasteiger partial charge < -0.3 is 4.74 Å². The maximum absolute atomic E-state index is 12.8. The number of hydrazone groups is 1. The van der Waals surface area contributed by atoms with E-state index in [-0.39, 0.29) is 11.7 Å². The fourth-order valence-electron chi connectivity index (χ4n) is 2.34. The van der Waals surface area contributed by atoms with Gasteiger partial charge in [-0.25, -0.2) is 9.82 Å². The lowest BCUT2D eigenvalue weighted by molar-refractivity contribution is 0.0952. The van der Waals surface area contributed by atoms with E-state index in [1.807, 2.05) is 30.3 Å². The molecular weight excluding hydrogens is 307 g/mol. The first kappa shape index (κ1) is 15.7. The van der Waals surface area contributed by atoms with Crippen LogP contribution >= 0.6 is 0 Å². The minimum Gasteiger partial charge on any atom is -0.496 e. The molecule has 0 aromatic heterocycles. The van der Waals surface area contributed by atoms with E-state index in [0.717, 1.165) is 10.8 Å². The number of carbonyl (C=O) groups is 1. The van der Waals surface area contributed by atoms with Gasteiger partial charge in [-0.3, -0.25) is 4.79 Å². The highest BCUT2D eigenvalue weighted by atomic mass is 19.1. The quantitative estimate of drug-likeness (QED) is 0.587. The van der Waals surface area contributed by atoms with Crippen LogP contribution < -0.4 is 10.2 Å². The van der Waals surface area contributed by atoms with Crippen molar-refractivity contribution in [2.75, 3.05) is 7.11 Å². The molecule has 0 aliphatic rings. The largest absolute Gasteiger partial charge is 0.496 e. The molecular formula is C19H15FN2O2. The van der Waals surface area contributed by atoms with Crippen molar-refractivity contribution in [2.45, 2.75) is 0 Å². The number of halogens is 1. The Kier molecular flexibility index (Phi) is 4.52. The number of amides is 1. The van der Waals surface area contributed by atoms with E-state index >= 15 is 0 Å². The van der Waals surface area contributed by atoms with Crippen LogP contribution in [0.3, 0.4) is 0 Å². The van der Waals surface area contributed by atoms with Gasteiger partial charge in [-0.2, -0.15) is 5.10 Å². The first-order valence-electron chi connectivity index (χ1n) is 7.33. The molecule has 1 amide bonds. The highest BCUT2D eigenvalue weighted by molar-refractivity contribution is 6.01. The number of fused-ring (bicyclic) bond motifs is 1. The van der Waals surface area contributed by atoms with Crippen LogP contribution in [0.1, 0.15) is 15.9 Å². The lowest BCUT2D eigenvalue weighted by Gasteiger charge is -2.09. The van der Waals surface area contributed by atoms with Crippen molar-refractivity contribution >= 4 is 22.9 Å². The number of hydrogen-bond donors (Lipinski definition) is 1. The topological polar surface area (TPSA) is 50.7 Å². The van der Waals surface area contributed by atoms with E-state index in [0.29, 0.717) is 16.9 Å². The molecule has 0 atom stereocenters. The summed E-state index contributed by atoms with van der Waals surface area (Å²) in [6, 6.07) is 17.1. The average Bonchev–Trinajstić information content (AvgIpc) is 2.62. The Morgan fingerprint density at radius 3 is 2.42 bits per heavy atom. The van der Waals surface area contributed by atoms with E-state index in [2.05, 4.69) is 10.5 Å². The molecule has 3 rings (SSSR count). The molecule has 0 spiro atoms. The van der Waals surface area contributed by atoms with Gasteiger partial charge in [0.25, 0.3) is 5.91 Å². The Labute approximate surface area is 138 Å². The summed E-state index contributed by atoms with van der Waals surface area (Å²) in [5, 5.41) is 5.82. The van der Waals surface area contributed by atoms with Crippen molar-refractivity contribution in [2.24, 2.45) is 5.10 Å². The average molecular weight is 322 g/mol. The Morgan fingerprint density at radius 2 is 1.75 bits per heavy atom. The summed E-state index contributed by atoms with van der Waals surface area (Å²) >= 11 is 0. The third kappa shape index (κ3) is 3.41. The number of rotatable bonds is 4. The van der Waals surface area contributed by atoms with Gasteiger partial charge in [0.2, 0.25) is 0 Å². The number of ether oxygens (including phenoxy) is 1. The number of nitrogens with zero attached hydrogens (tertiary/aromatic N) is 1. The van der Waals surface area contributed by atoms with E-state index in [9.17, 15) is 9.18 Å². The Bertz CT molecular complexity index is 905. The van der Waals surface area contributed by atoms with Crippen LogP contribution in [0.15, 0.2) is 65.8 Å². The van der Waals surface area contributed by atoms with Crippen LogP contribution in [0.4, 0.5) is 4.39 Å². The lowest BCUT2D eigenvalue weighted by atomic mass is 10.1. The van der Waals surface area contributed by atoms with E-state index in [4.69, 9.17) is 4.74 Å². The maximum Gasteiger partial charge on any atom is 0.275 e. The molecule has 0 aliphatic heterocycles. The van der Waals surface area contributed by atoms with Gasteiger partial charge in [0.1, 0.15) is 11.6 Å². The minimum atomic E-state index is -0.379. The first-order chi connectivity index (χ1) is 11.7. The van der Waals surface area contributed by atoms with Crippen LogP contribution in [0, 0.1) is 5.82 Å². The maximum atomic E-state index is 12.8. The van der Waals surface area contributed by atoms with Gasteiger partial charge in [-0.15, -0.1) is 0 Å². The molecule has 0 heterocycles. The van der Waals surface area contributed by atoms with Gasteiger partial charge in [-0.05, 0) is 40.6 Å². The Morgan fingerprint density at radius 1 is 1.08 bits per heavy atom. The van der Waals surface area contributed by atoms with Crippen molar-refractivity contribution in [3.8, 4) is 5.75 Å². The molecule has 24 heavy (non-hydrogen) atoms. The van der Waals surface area contributed by atoms with Gasteiger partial charge in [0.05, 0.1) is 18.9 Å². The molecule has 3 aromatic carbocycles. The summed E-state index contributed by atoms with van der Waals surface area (Å²) < 4.78 is 18.1. The van der Waals surface area contributed by atoms with Crippen LogP contribution in [0.5, 0.6) is 5.75 Å². The molecule has 0 aliphatic carbocycles. The van der Waals surface area contributed by atoms with Crippen molar-refractivity contribution in [1.29, 1.82) is 0 Å². The molecule has 0 radical (unpaired) electrons. The zero-order chi connectivity index (χ0) is 16.9. The predicted molar refractivity (Wildman–Crippen MR) is 92.0 cm³/mol. The fraction of sp³-hybridized carbons (Fsp3) is 0.0526. The number of benzene rings is 3. The van der Waals surface area contributed by atoms with Crippen molar-refractivity contribution in [3.05, 3.63) is 77.6 Å². The zero-order valence-electron chi connectivity index (χ0n) is 13.0. The minimum absolute atomic E-state index is 0.322. The Hall–Kier alpha value is -3.21. The monoisotopic (exact) mass is 322 g/mol. The Balaban J connectivity index is 1.81. The third-order valence-corrected chi connectivity index (χ3v) is 3.56. The molecule has 1 N–H and O–H groups in total. The molecule has 0 saturated heterocycles. The lowest BCUT2D eigenvalue weighted by Crippen LogP contribution is -2.18. The normalized spacial score (nSPS) is 10.9. The second-order valence-corrected chi connectivity index (χ2v) is 5.15. The highest BCUT2D eigenvalue weighted by Crippen LogP contribution is 2.25. The van der Waals surface area contributed by atoms with E-state index in [1.165, 1.54) is 25.5 Å². The van der Waals surface area contributed by atoms with Gasteiger partial charge in [-0.1, -0.05) is 36.4 Å². The predicted octanol–water partition coefficient (Wildman–Crippen LogP) is 3.75. The first-order valence-corrected chi connectivity index (χ1v) is 7.33. The summed E-state index contributed by atoms with van der Waals surface area (Å²) in [5.74, 6) is -0.226. The standard InChI is InChI=1S/C19H15FN2O2/c1-24-18-11-15-5-3-2-4-14(15)10-17(18)19(23)22-21-12-13-6-8-16(20)9-7-13/h2-12H,1H3,(H,22,23). The summed E-state index contributed by atoms with van der Waals surface area (Å²) in [6.07, 6.45) is 1.45. The summed E-state index contributed by atoms with van der Waals surface area (Å²) in [6.45, 7) is 0. The van der Waals surface area contributed by atoms with Crippen molar-refractivity contribution in [1.82, 2.24) is 5.43 Å². The number of methoxy groups -OCH3 is 1. The van der Waals surface area contributed by atoms with Crippen LogP contribution in [0.25, 0.3) is 10.8 Å². The van der Waals surface area contributed by atoms with Crippen LogP contribution in [-0.4, -0.2) is 19.2 Å². The van der Waals surface area contributed by atoms with E-state index in [1.54, 1.807) is 18.2 Å². The van der Waals surface area contributed by atoms with Gasteiger partial charge in [0.15, 0.2) is 0 Å². The number of carbonyl (C=O) groups excluding carboxylic acids is 1. The highest BCUT2D eigenvalue weighted by Gasteiger charge is 2.13. The number of hydrogen-bond acceptors (Lipinski definition) is 3. The zero-order valence-corrected chi connectivity index (χ0v) is 13.0. The summed E-state index contributed by atoms with van der Waals surface area (Å²) in [4.78, 5) is 12.3. The van der Waals surface area contributed by atoms with E-state index < -0.39 is 0 Å². The molecule has 0 unspecified atom stereocenters. The van der Waals surface area contributed by atoms with Gasteiger partial charge in [0, 0.05) is 0 Å². The van der Waals surface area contributed by atoms with Crippen molar-refractivity contribution in [3.63, 3.8) is 0 Å². The summed E-state index contributed by atoms with van der Waals surface area (Å²) in [5.41, 5.74) is 3.54. The smallest absolute Gasteiger partial charge is 0.275 e. The SMILES string of the molecule is COc1cc2ccccc2cc1C(=O)NN=Cc1ccc(F)cc1. The molecule has 120 valence electrons.